The van der Waals surface area contributed by atoms with Crippen LogP contribution in [-0.2, 0) is 5.75 Å². The monoisotopic (exact) mass is 221 g/mol. The first kappa shape index (κ1) is 11.0. The molecule has 2 heteroatoms. The zero-order valence-electron chi connectivity index (χ0n) is 9.28. The summed E-state index contributed by atoms with van der Waals surface area (Å²) in [5.74, 6) is 1.17. The van der Waals surface area contributed by atoms with Crippen LogP contribution in [0.2, 0.25) is 0 Å². The second kappa shape index (κ2) is 5.57. The van der Waals surface area contributed by atoms with Gasteiger partial charge in [-0.2, -0.15) is 11.8 Å². The molecule has 0 spiro atoms. The summed E-state index contributed by atoms with van der Waals surface area (Å²) < 4.78 is 0. The molecule has 2 rings (SSSR count). The van der Waals surface area contributed by atoms with Crippen LogP contribution in [-0.4, -0.2) is 18.3 Å². The third kappa shape index (κ3) is 3.25. The zero-order chi connectivity index (χ0) is 10.5. The Morgan fingerprint density at radius 2 is 2.07 bits per heavy atom. The Bertz CT molecular complexity index is 286. The van der Waals surface area contributed by atoms with Gasteiger partial charge in [0.05, 0.1) is 0 Å². The van der Waals surface area contributed by atoms with Gasteiger partial charge in [-0.15, -0.1) is 0 Å². The molecular formula is C13H19NS. The number of thioether (sulfide) groups is 1. The fourth-order valence-electron chi connectivity index (χ4n) is 2.14. The lowest BCUT2D eigenvalue weighted by atomic mass is 10.2. The molecule has 1 aromatic rings. The minimum absolute atomic E-state index is 0.762. The average molecular weight is 221 g/mol. The van der Waals surface area contributed by atoms with Crippen molar-refractivity contribution in [2.75, 3.05) is 7.05 Å². The van der Waals surface area contributed by atoms with E-state index in [1.54, 1.807) is 0 Å². The van der Waals surface area contributed by atoms with E-state index in [-0.39, 0.29) is 0 Å². The molecule has 1 aromatic carbocycles. The lowest BCUT2D eigenvalue weighted by Gasteiger charge is -2.10. The highest BCUT2D eigenvalue weighted by Gasteiger charge is 2.23. The summed E-state index contributed by atoms with van der Waals surface area (Å²) in [5, 5.41) is 4.24. The summed E-state index contributed by atoms with van der Waals surface area (Å²) in [6.45, 7) is 0. The first-order valence-electron chi connectivity index (χ1n) is 5.71. The van der Waals surface area contributed by atoms with Gasteiger partial charge in [0.25, 0.3) is 0 Å². The molecule has 0 heterocycles. The van der Waals surface area contributed by atoms with Gasteiger partial charge in [0.15, 0.2) is 0 Å². The van der Waals surface area contributed by atoms with Crippen molar-refractivity contribution in [3.05, 3.63) is 35.9 Å². The molecule has 1 aliphatic carbocycles. The van der Waals surface area contributed by atoms with Crippen molar-refractivity contribution >= 4 is 11.8 Å². The number of rotatable bonds is 4. The summed E-state index contributed by atoms with van der Waals surface area (Å²) in [7, 11) is 2.08. The standard InChI is InChI=1S/C13H19NS/c1-14-12-7-8-13(9-12)15-10-11-5-3-2-4-6-11/h2-6,12-14H,7-10H2,1H3. The maximum absolute atomic E-state index is 3.38. The minimum atomic E-state index is 0.762. The van der Waals surface area contributed by atoms with Gasteiger partial charge in [-0.1, -0.05) is 30.3 Å². The van der Waals surface area contributed by atoms with Crippen molar-refractivity contribution in [3.63, 3.8) is 0 Å². The van der Waals surface area contributed by atoms with Gasteiger partial charge >= 0.3 is 0 Å². The highest BCUT2D eigenvalue weighted by atomic mass is 32.2. The van der Waals surface area contributed by atoms with Gasteiger partial charge in [0, 0.05) is 17.0 Å². The Morgan fingerprint density at radius 3 is 2.73 bits per heavy atom. The molecule has 0 radical (unpaired) electrons. The van der Waals surface area contributed by atoms with Crippen molar-refractivity contribution in [2.45, 2.75) is 36.3 Å². The molecule has 1 nitrogen and oxygen atoms in total. The third-order valence-corrected chi connectivity index (χ3v) is 4.52. The second-order valence-electron chi connectivity index (χ2n) is 4.22. The summed E-state index contributed by atoms with van der Waals surface area (Å²) in [5.41, 5.74) is 1.45. The van der Waals surface area contributed by atoms with Crippen LogP contribution in [0.1, 0.15) is 24.8 Å². The number of benzene rings is 1. The molecule has 0 amide bonds. The summed E-state index contributed by atoms with van der Waals surface area (Å²) >= 11 is 2.12. The number of hydrogen-bond acceptors (Lipinski definition) is 2. The van der Waals surface area contributed by atoms with E-state index in [2.05, 4.69) is 54.5 Å². The third-order valence-electron chi connectivity index (χ3n) is 3.12. The fraction of sp³-hybridized carbons (Fsp3) is 0.538. The molecule has 2 atom stereocenters. The molecule has 2 unspecified atom stereocenters. The Balaban J connectivity index is 1.75. The first-order valence-corrected chi connectivity index (χ1v) is 6.76. The van der Waals surface area contributed by atoms with Crippen LogP contribution in [0.25, 0.3) is 0 Å². The van der Waals surface area contributed by atoms with Crippen LogP contribution < -0.4 is 5.32 Å². The molecule has 1 N–H and O–H groups in total. The van der Waals surface area contributed by atoms with Gasteiger partial charge < -0.3 is 5.32 Å². The zero-order valence-corrected chi connectivity index (χ0v) is 10.1. The molecule has 0 aromatic heterocycles. The molecule has 15 heavy (non-hydrogen) atoms. The van der Waals surface area contributed by atoms with Crippen LogP contribution >= 0.6 is 11.8 Å². The smallest absolute Gasteiger partial charge is 0.0187 e. The minimum Gasteiger partial charge on any atom is -0.317 e. The molecular weight excluding hydrogens is 202 g/mol. The van der Waals surface area contributed by atoms with E-state index in [0.717, 1.165) is 11.3 Å². The molecule has 0 bridgehead atoms. The van der Waals surface area contributed by atoms with Gasteiger partial charge in [-0.3, -0.25) is 0 Å². The Labute approximate surface area is 96.7 Å². The first-order chi connectivity index (χ1) is 7.38. The van der Waals surface area contributed by atoms with E-state index in [1.165, 1.54) is 30.6 Å². The Hall–Kier alpha value is -0.470. The fourth-order valence-corrected chi connectivity index (χ4v) is 3.43. The van der Waals surface area contributed by atoms with Gasteiger partial charge in [0.2, 0.25) is 0 Å². The summed E-state index contributed by atoms with van der Waals surface area (Å²) in [6.07, 6.45) is 4.07. The maximum atomic E-state index is 3.38. The largest absolute Gasteiger partial charge is 0.317 e. The molecule has 82 valence electrons. The van der Waals surface area contributed by atoms with E-state index >= 15 is 0 Å². The molecule has 1 aliphatic rings. The van der Waals surface area contributed by atoms with Gasteiger partial charge in [-0.25, -0.2) is 0 Å². The second-order valence-corrected chi connectivity index (χ2v) is 5.51. The average Bonchev–Trinajstić information content (AvgIpc) is 2.76. The normalized spacial score (nSPS) is 25.7. The number of nitrogens with one attached hydrogen (secondary N) is 1. The van der Waals surface area contributed by atoms with Crippen molar-refractivity contribution in [3.8, 4) is 0 Å². The predicted octanol–water partition coefficient (Wildman–Crippen LogP) is 3.06. The van der Waals surface area contributed by atoms with Gasteiger partial charge in [0.1, 0.15) is 0 Å². The lowest BCUT2D eigenvalue weighted by Crippen LogP contribution is -2.21. The molecule has 0 aliphatic heterocycles. The van der Waals surface area contributed by atoms with Crippen molar-refractivity contribution < 1.29 is 0 Å². The van der Waals surface area contributed by atoms with Crippen molar-refractivity contribution in [1.82, 2.24) is 5.32 Å². The molecule has 0 saturated heterocycles. The highest BCUT2D eigenvalue weighted by molar-refractivity contribution is 7.99. The van der Waals surface area contributed by atoms with E-state index in [1.807, 2.05) is 0 Å². The van der Waals surface area contributed by atoms with Crippen LogP contribution in [0.3, 0.4) is 0 Å². The SMILES string of the molecule is CNC1CCC(SCc2ccccc2)C1. The predicted molar refractivity (Wildman–Crippen MR) is 68.2 cm³/mol. The van der Waals surface area contributed by atoms with Crippen LogP contribution in [0.5, 0.6) is 0 Å². The maximum Gasteiger partial charge on any atom is 0.0187 e. The van der Waals surface area contributed by atoms with Crippen LogP contribution in [0.15, 0.2) is 30.3 Å². The van der Waals surface area contributed by atoms with Crippen LogP contribution in [0.4, 0.5) is 0 Å². The Kier molecular flexibility index (Phi) is 4.09. The summed E-state index contributed by atoms with van der Waals surface area (Å²) in [6, 6.07) is 11.5. The van der Waals surface area contributed by atoms with E-state index in [9.17, 15) is 0 Å². The quantitative estimate of drug-likeness (QED) is 0.838. The molecule has 1 fully saturated rings. The topological polar surface area (TPSA) is 12.0 Å². The van der Waals surface area contributed by atoms with E-state index < -0.39 is 0 Å². The van der Waals surface area contributed by atoms with Gasteiger partial charge in [-0.05, 0) is 31.9 Å². The van der Waals surface area contributed by atoms with E-state index in [0.29, 0.717) is 0 Å². The van der Waals surface area contributed by atoms with Crippen molar-refractivity contribution in [2.24, 2.45) is 0 Å². The van der Waals surface area contributed by atoms with Crippen LogP contribution in [0, 0.1) is 0 Å². The number of hydrogen-bond donors (Lipinski definition) is 1. The lowest BCUT2D eigenvalue weighted by molar-refractivity contribution is 0.583. The van der Waals surface area contributed by atoms with Crippen molar-refractivity contribution in [1.29, 1.82) is 0 Å². The molecule has 1 saturated carbocycles. The highest BCUT2D eigenvalue weighted by Crippen LogP contribution is 2.31. The van der Waals surface area contributed by atoms with E-state index in [4.69, 9.17) is 0 Å². The summed E-state index contributed by atoms with van der Waals surface area (Å²) in [4.78, 5) is 0. The Morgan fingerprint density at radius 1 is 1.27 bits per heavy atom.